The Balaban J connectivity index is 2.42. The molecular weight excluding hydrogens is 174 g/mol. The fraction of sp³-hybridized carbons (Fsp3) is 1.00. The van der Waals surface area contributed by atoms with Crippen LogP contribution in [-0.2, 0) is 9.47 Å². The fourth-order valence-corrected chi connectivity index (χ4v) is 1.53. The third-order valence-electron chi connectivity index (χ3n) is 2.23. The van der Waals surface area contributed by atoms with Crippen LogP contribution in [0, 0.1) is 10.1 Å². The van der Waals surface area contributed by atoms with Gasteiger partial charge in [-0.05, 0) is 13.8 Å². The molecule has 0 aliphatic carbocycles. The first-order chi connectivity index (χ1) is 6.15. The fourth-order valence-electron chi connectivity index (χ4n) is 1.53. The molecule has 5 heteroatoms. The van der Waals surface area contributed by atoms with Gasteiger partial charge < -0.3 is 9.47 Å². The van der Waals surface area contributed by atoms with Gasteiger partial charge in [0.25, 0.3) is 0 Å². The van der Waals surface area contributed by atoms with Crippen LogP contribution >= 0.6 is 0 Å². The molecule has 0 radical (unpaired) electrons. The van der Waals surface area contributed by atoms with Crippen molar-refractivity contribution in [3.63, 3.8) is 0 Å². The molecule has 0 aromatic rings. The van der Waals surface area contributed by atoms with Gasteiger partial charge in [0.1, 0.15) is 6.10 Å². The second-order valence-corrected chi connectivity index (χ2v) is 3.16. The summed E-state index contributed by atoms with van der Waals surface area (Å²) < 4.78 is 10.6. The largest absolute Gasteiger partial charge is 0.353 e. The van der Waals surface area contributed by atoms with E-state index in [0.717, 1.165) is 0 Å². The lowest BCUT2D eigenvalue weighted by Crippen LogP contribution is -2.42. The smallest absolute Gasteiger partial charge is 0.238 e. The molecule has 1 aliphatic rings. The van der Waals surface area contributed by atoms with Crippen LogP contribution < -0.4 is 0 Å². The molecule has 13 heavy (non-hydrogen) atoms. The van der Waals surface area contributed by atoms with Crippen molar-refractivity contribution >= 4 is 0 Å². The lowest BCUT2D eigenvalue weighted by atomic mass is 10.0. The zero-order chi connectivity index (χ0) is 9.84. The maximum atomic E-state index is 10.5. The zero-order valence-corrected chi connectivity index (χ0v) is 7.93. The van der Waals surface area contributed by atoms with Gasteiger partial charge in [0.15, 0.2) is 6.29 Å². The van der Waals surface area contributed by atoms with Crippen LogP contribution in [0.4, 0.5) is 0 Å². The molecule has 0 amide bonds. The number of hydrogen-bond acceptors (Lipinski definition) is 4. The van der Waals surface area contributed by atoms with Crippen molar-refractivity contribution in [3.8, 4) is 0 Å². The van der Waals surface area contributed by atoms with Crippen LogP contribution in [0.5, 0.6) is 0 Å². The molecule has 0 aromatic carbocycles. The van der Waals surface area contributed by atoms with Crippen molar-refractivity contribution in [1.29, 1.82) is 0 Å². The van der Waals surface area contributed by atoms with Crippen LogP contribution in [0.3, 0.4) is 0 Å². The molecule has 1 saturated heterocycles. The van der Waals surface area contributed by atoms with Crippen LogP contribution in [0.2, 0.25) is 0 Å². The predicted octanol–water partition coefficient (Wildman–Crippen LogP) is 1.19. The van der Waals surface area contributed by atoms with E-state index in [4.69, 9.17) is 9.47 Å². The van der Waals surface area contributed by atoms with Gasteiger partial charge in [-0.1, -0.05) is 0 Å². The second kappa shape index (κ2) is 4.53. The Kier molecular flexibility index (Phi) is 3.62. The van der Waals surface area contributed by atoms with Gasteiger partial charge >= 0.3 is 0 Å². The lowest BCUT2D eigenvalue weighted by molar-refractivity contribution is -0.544. The first-order valence-electron chi connectivity index (χ1n) is 4.55. The van der Waals surface area contributed by atoms with Crippen molar-refractivity contribution in [2.45, 2.75) is 45.1 Å². The normalized spacial score (nSPS) is 34.5. The molecule has 1 fully saturated rings. The van der Waals surface area contributed by atoms with Crippen molar-refractivity contribution in [2.75, 3.05) is 6.61 Å². The molecule has 0 spiro atoms. The minimum absolute atomic E-state index is 0.254. The number of ether oxygens (including phenoxy) is 2. The van der Waals surface area contributed by atoms with E-state index in [0.29, 0.717) is 19.4 Å². The van der Waals surface area contributed by atoms with Crippen LogP contribution in [-0.4, -0.2) is 30.0 Å². The highest BCUT2D eigenvalue weighted by Crippen LogP contribution is 2.21. The van der Waals surface area contributed by atoms with Crippen LogP contribution in [0.1, 0.15) is 26.7 Å². The molecule has 1 rings (SSSR count). The van der Waals surface area contributed by atoms with Crippen molar-refractivity contribution in [3.05, 3.63) is 10.1 Å². The molecular formula is C8H15NO4. The molecule has 1 aliphatic heterocycles. The Bertz CT molecular complexity index is 185. The Morgan fingerprint density at radius 3 is 2.77 bits per heavy atom. The first kappa shape index (κ1) is 10.4. The minimum atomic E-state index is -0.572. The van der Waals surface area contributed by atoms with E-state index < -0.39 is 6.04 Å². The average molecular weight is 189 g/mol. The molecule has 0 unspecified atom stereocenters. The Morgan fingerprint density at radius 1 is 1.62 bits per heavy atom. The third kappa shape index (κ3) is 2.63. The summed E-state index contributed by atoms with van der Waals surface area (Å²) in [5.74, 6) is 0. The van der Waals surface area contributed by atoms with E-state index >= 15 is 0 Å². The topological polar surface area (TPSA) is 61.6 Å². The molecule has 0 saturated carbocycles. The zero-order valence-electron chi connectivity index (χ0n) is 7.93. The van der Waals surface area contributed by atoms with Crippen LogP contribution in [0.25, 0.3) is 0 Å². The molecule has 0 N–H and O–H groups in total. The van der Waals surface area contributed by atoms with E-state index in [2.05, 4.69) is 0 Å². The Morgan fingerprint density at radius 2 is 2.31 bits per heavy atom. The van der Waals surface area contributed by atoms with E-state index in [1.54, 1.807) is 6.92 Å². The number of nitro groups is 1. The lowest BCUT2D eigenvalue weighted by Gasteiger charge is -2.29. The van der Waals surface area contributed by atoms with Gasteiger partial charge in [-0.15, -0.1) is 0 Å². The number of rotatable bonds is 3. The molecule has 0 bridgehead atoms. The highest BCUT2D eigenvalue weighted by molar-refractivity contribution is 4.72. The van der Waals surface area contributed by atoms with Crippen LogP contribution in [0.15, 0.2) is 0 Å². The molecule has 1 heterocycles. The minimum Gasteiger partial charge on any atom is -0.353 e. The number of nitrogens with zero attached hydrogens (tertiary/aromatic N) is 1. The third-order valence-corrected chi connectivity index (χ3v) is 2.23. The summed E-state index contributed by atoms with van der Waals surface area (Å²) in [6.45, 7) is 4.19. The summed E-state index contributed by atoms with van der Waals surface area (Å²) >= 11 is 0. The Hall–Kier alpha value is -0.680. The highest BCUT2D eigenvalue weighted by Gasteiger charge is 2.36. The second-order valence-electron chi connectivity index (χ2n) is 3.16. The molecule has 5 nitrogen and oxygen atoms in total. The quantitative estimate of drug-likeness (QED) is 0.494. The van der Waals surface area contributed by atoms with Gasteiger partial charge in [0, 0.05) is 24.4 Å². The summed E-state index contributed by atoms with van der Waals surface area (Å²) in [5.41, 5.74) is 0. The monoisotopic (exact) mass is 189 g/mol. The first-order valence-corrected chi connectivity index (χ1v) is 4.55. The van der Waals surface area contributed by atoms with Crippen molar-refractivity contribution in [2.24, 2.45) is 0 Å². The maximum Gasteiger partial charge on any atom is 0.238 e. The highest BCUT2D eigenvalue weighted by atomic mass is 16.7. The summed E-state index contributed by atoms with van der Waals surface area (Å²) in [5, 5.41) is 10.5. The summed E-state index contributed by atoms with van der Waals surface area (Å²) in [7, 11) is 0. The summed E-state index contributed by atoms with van der Waals surface area (Å²) in [6, 6.07) is -0.572. The van der Waals surface area contributed by atoms with E-state index in [-0.39, 0.29) is 17.3 Å². The van der Waals surface area contributed by atoms with Gasteiger partial charge in [-0.3, -0.25) is 10.1 Å². The van der Waals surface area contributed by atoms with Gasteiger partial charge in [-0.25, -0.2) is 0 Å². The molecule has 3 atom stereocenters. The van der Waals surface area contributed by atoms with E-state index in [1.807, 2.05) is 6.92 Å². The predicted molar refractivity (Wildman–Crippen MR) is 46.0 cm³/mol. The Labute approximate surface area is 77.2 Å². The standard InChI is InChI=1S/C8H15NO4/c1-3-12-8-5-4-7(9(10)11)6(2)13-8/h6-8H,3-5H2,1-2H3/t6-,7+,8-/m1/s1. The summed E-state index contributed by atoms with van der Waals surface area (Å²) in [6.07, 6.45) is 0.555. The van der Waals surface area contributed by atoms with Crippen molar-refractivity contribution in [1.82, 2.24) is 0 Å². The average Bonchev–Trinajstić information content (AvgIpc) is 2.04. The number of hydrogen-bond donors (Lipinski definition) is 0. The van der Waals surface area contributed by atoms with E-state index in [1.165, 1.54) is 0 Å². The van der Waals surface area contributed by atoms with Gasteiger partial charge in [0.2, 0.25) is 6.04 Å². The van der Waals surface area contributed by atoms with Crippen molar-refractivity contribution < 1.29 is 14.4 Å². The molecule has 0 aromatic heterocycles. The maximum absolute atomic E-state index is 10.5. The van der Waals surface area contributed by atoms with E-state index in [9.17, 15) is 10.1 Å². The van der Waals surface area contributed by atoms with Gasteiger partial charge in [-0.2, -0.15) is 0 Å². The summed E-state index contributed by atoms with van der Waals surface area (Å²) in [4.78, 5) is 10.2. The molecule has 76 valence electrons. The SMILES string of the molecule is CCO[C@H]1CC[C@H]([N+](=O)[O-])[C@@H](C)O1. The van der Waals surface area contributed by atoms with Gasteiger partial charge in [0.05, 0.1) is 0 Å².